The fourth-order valence-electron chi connectivity index (χ4n) is 4.60. The molecule has 32 heavy (non-hydrogen) atoms. The van der Waals surface area contributed by atoms with Crippen molar-refractivity contribution in [3.63, 3.8) is 0 Å². The lowest BCUT2D eigenvalue weighted by Gasteiger charge is -2.48. The van der Waals surface area contributed by atoms with Gasteiger partial charge in [0.2, 0.25) is 0 Å². The van der Waals surface area contributed by atoms with E-state index in [2.05, 4.69) is 92.6 Å². The van der Waals surface area contributed by atoms with E-state index >= 15 is 0 Å². The van der Waals surface area contributed by atoms with E-state index < -0.39 is 0 Å². The number of hydrogen-bond donors (Lipinski definition) is 1. The highest BCUT2D eigenvalue weighted by Crippen LogP contribution is 2.41. The van der Waals surface area contributed by atoms with Gasteiger partial charge in [0.25, 0.3) is 5.91 Å². The number of rotatable bonds is 9. The fourth-order valence-corrected chi connectivity index (χ4v) is 4.60. The van der Waals surface area contributed by atoms with E-state index in [0.29, 0.717) is 16.7 Å². The minimum absolute atomic E-state index is 0.0570. The van der Waals surface area contributed by atoms with Crippen molar-refractivity contribution in [2.45, 2.75) is 52.5 Å². The van der Waals surface area contributed by atoms with Crippen LogP contribution in [-0.4, -0.2) is 32.1 Å². The summed E-state index contributed by atoms with van der Waals surface area (Å²) in [6.45, 7) is 9.41. The van der Waals surface area contributed by atoms with Crippen molar-refractivity contribution in [1.29, 1.82) is 0 Å². The predicted octanol–water partition coefficient (Wildman–Crippen LogP) is 6.04. The molecular weight excluding hydrogens is 394 g/mol. The second-order valence-corrected chi connectivity index (χ2v) is 9.14. The molecule has 0 bridgehead atoms. The largest absolute Gasteiger partial charge is 0.377 e. The summed E-state index contributed by atoms with van der Waals surface area (Å²) in [6.07, 6.45) is 9.85. The van der Waals surface area contributed by atoms with Crippen molar-refractivity contribution in [2.24, 2.45) is 0 Å². The first-order valence-electron chi connectivity index (χ1n) is 11.7. The first-order valence-corrected chi connectivity index (χ1v) is 11.7. The zero-order valence-electron chi connectivity index (χ0n) is 20.5. The fraction of sp³-hybridized carbons (Fsp3) is 0.393. The van der Waals surface area contributed by atoms with Gasteiger partial charge in [-0.25, -0.2) is 0 Å². The van der Waals surface area contributed by atoms with E-state index in [1.54, 1.807) is 0 Å². The number of aryl methyl sites for hydroxylation is 1. The number of carbonyl (C=O) groups excluding carboxylic acids is 1. The maximum atomic E-state index is 13.6. The second kappa shape index (κ2) is 9.74. The summed E-state index contributed by atoms with van der Waals surface area (Å²) in [5.41, 5.74) is 8.44. The van der Waals surface area contributed by atoms with Gasteiger partial charge in [0.15, 0.2) is 11.2 Å². The molecule has 2 aromatic rings. The number of anilines is 1. The van der Waals surface area contributed by atoms with Crippen molar-refractivity contribution in [2.75, 3.05) is 25.5 Å². The average Bonchev–Trinajstić information content (AvgIpc) is 3.15. The van der Waals surface area contributed by atoms with Gasteiger partial charge >= 0.3 is 0 Å². The summed E-state index contributed by atoms with van der Waals surface area (Å²) < 4.78 is 0.323. The molecule has 2 unspecified atom stereocenters. The number of benzene rings is 2. The van der Waals surface area contributed by atoms with Crippen molar-refractivity contribution in [3.05, 3.63) is 83.5 Å². The summed E-state index contributed by atoms with van der Waals surface area (Å²) in [4.78, 5) is 15.7. The van der Waals surface area contributed by atoms with Gasteiger partial charge in [0, 0.05) is 44.4 Å². The number of amides is 1. The van der Waals surface area contributed by atoms with E-state index in [0.717, 1.165) is 17.8 Å². The molecule has 0 heterocycles. The van der Waals surface area contributed by atoms with Crippen LogP contribution in [-0.2, 0) is 6.42 Å². The van der Waals surface area contributed by atoms with Crippen molar-refractivity contribution >= 4 is 17.3 Å². The van der Waals surface area contributed by atoms with Gasteiger partial charge in [-0.3, -0.25) is 4.79 Å². The molecule has 0 radical (unpaired) electrons. The van der Waals surface area contributed by atoms with Gasteiger partial charge in [-0.1, -0.05) is 43.7 Å². The number of quaternary nitrogens is 1. The van der Waals surface area contributed by atoms with Crippen LogP contribution in [0, 0.1) is 0 Å². The van der Waals surface area contributed by atoms with Gasteiger partial charge in [-0.2, -0.15) is 10.0 Å². The number of allylic oxidation sites excluding steroid dienone is 2. The van der Waals surface area contributed by atoms with E-state index in [1.807, 2.05) is 26.2 Å². The quantitative estimate of drug-likeness (QED) is 0.387. The minimum Gasteiger partial charge on any atom is -0.377 e. The molecule has 3 rings (SSSR count). The molecule has 0 saturated heterocycles. The zero-order valence-corrected chi connectivity index (χ0v) is 20.5. The third-order valence-corrected chi connectivity index (χ3v) is 6.95. The summed E-state index contributed by atoms with van der Waals surface area (Å²) in [5, 5.41) is 0. The van der Waals surface area contributed by atoms with Crippen LogP contribution in [0.3, 0.4) is 0 Å². The molecule has 4 heteroatoms. The molecule has 1 aliphatic rings. The van der Waals surface area contributed by atoms with Crippen LogP contribution in [0.2, 0.25) is 0 Å². The van der Waals surface area contributed by atoms with Crippen LogP contribution in [0.5, 0.6) is 0 Å². The van der Waals surface area contributed by atoms with Gasteiger partial charge in [0.1, 0.15) is 6.54 Å². The number of hydrogen-bond acceptors (Lipinski definition) is 2. The van der Waals surface area contributed by atoms with Gasteiger partial charge in [-0.05, 0) is 62.1 Å². The third-order valence-electron chi connectivity index (χ3n) is 6.95. The standard InChI is InChI=1S/C28H37N3O/c1-7-9-13-23-16-18-24(19-17-23)27(32)29-31(8-2,28(4)20-11-12-22(28)3)26-15-10-14-25(21-26)30(5)6/h10-12,14-21H,7-9,13H2,1-6H3/p+1. The smallest absolute Gasteiger partial charge is 0.296 e. The summed E-state index contributed by atoms with van der Waals surface area (Å²) >= 11 is 0. The Bertz CT molecular complexity index is 1010. The van der Waals surface area contributed by atoms with Crippen molar-refractivity contribution < 1.29 is 4.79 Å². The predicted molar refractivity (Wildman–Crippen MR) is 137 cm³/mol. The van der Waals surface area contributed by atoms with Crippen LogP contribution in [0.4, 0.5) is 11.4 Å². The summed E-state index contributed by atoms with van der Waals surface area (Å²) in [6, 6.07) is 16.5. The topological polar surface area (TPSA) is 32.3 Å². The second-order valence-electron chi connectivity index (χ2n) is 9.14. The highest BCUT2D eigenvalue weighted by molar-refractivity contribution is 5.95. The van der Waals surface area contributed by atoms with Crippen LogP contribution in [0.25, 0.3) is 0 Å². The SMILES string of the molecule is CCCCc1ccc(C(=O)N[N+](CC)(c2cccc(N(C)C)c2)C2(C)C=CC=C2C)cc1. The van der Waals surface area contributed by atoms with Gasteiger partial charge in [-0.15, -0.1) is 0 Å². The molecular formula is C28H38N3O+. The molecule has 0 aromatic heterocycles. The molecule has 4 nitrogen and oxygen atoms in total. The lowest BCUT2D eigenvalue weighted by molar-refractivity contribution is 0.0676. The Labute approximate surface area is 193 Å². The Morgan fingerprint density at radius 1 is 1.09 bits per heavy atom. The molecule has 1 aliphatic carbocycles. The molecule has 0 fully saturated rings. The first kappa shape index (κ1) is 23.8. The third kappa shape index (κ3) is 4.37. The van der Waals surface area contributed by atoms with Crippen molar-refractivity contribution in [1.82, 2.24) is 10.0 Å². The van der Waals surface area contributed by atoms with Crippen LogP contribution in [0.15, 0.2) is 72.3 Å². The Kier molecular flexibility index (Phi) is 7.25. The van der Waals surface area contributed by atoms with Crippen LogP contribution in [0.1, 0.15) is 56.5 Å². The minimum atomic E-state index is -0.379. The maximum absolute atomic E-state index is 13.6. The highest BCUT2D eigenvalue weighted by atomic mass is 16.2. The Hall–Kier alpha value is -2.85. The molecule has 2 aromatic carbocycles. The summed E-state index contributed by atoms with van der Waals surface area (Å²) in [5.74, 6) is -0.0570. The number of likely N-dealkylation sites (N-methyl/N-ethyl adjacent to an activating group) is 1. The number of nitrogens with zero attached hydrogens (tertiary/aromatic N) is 2. The molecule has 0 spiro atoms. The average molecular weight is 433 g/mol. The molecule has 2 atom stereocenters. The Morgan fingerprint density at radius 3 is 2.38 bits per heavy atom. The number of carbonyl (C=O) groups is 1. The zero-order chi connectivity index (χ0) is 23.4. The summed E-state index contributed by atoms with van der Waals surface area (Å²) in [7, 11) is 4.08. The number of unbranched alkanes of at least 4 members (excludes halogenated alkanes) is 1. The first-order chi connectivity index (χ1) is 15.3. The van der Waals surface area contributed by atoms with E-state index in [1.165, 1.54) is 24.0 Å². The lowest BCUT2D eigenvalue weighted by Crippen LogP contribution is -2.72. The van der Waals surface area contributed by atoms with E-state index in [9.17, 15) is 4.79 Å². The lowest BCUT2D eigenvalue weighted by atomic mass is 9.91. The maximum Gasteiger partial charge on any atom is 0.296 e. The molecule has 170 valence electrons. The Balaban J connectivity index is 2.03. The molecule has 1 N–H and O–H groups in total. The normalized spacial score (nSPS) is 19.4. The highest BCUT2D eigenvalue weighted by Gasteiger charge is 2.51. The van der Waals surface area contributed by atoms with Crippen molar-refractivity contribution in [3.8, 4) is 0 Å². The monoisotopic (exact) mass is 432 g/mol. The van der Waals surface area contributed by atoms with E-state index in [4.69, 9.17) is 0 Å². The van der Waals surface area contributed by atoms with Crippen LogP contribution >= 0.6 is 0 Å². The van der Waals surface area contributed by atoms with Gasteiger partial charge in [0.05, 0.1) is 0 Å². The molecule has 0 saturated carbocycles. The van der Waals surface area contributed by atoms with Crippen LogP contribution < -0.4 is 14.9 Å². The molecule has 1 amide bonds. The Morgan fingerprint density at radius 2 is 1.81 bits per heavy atom. The van der Waals surface area contributed by atoms with E-state index in [-0.39, 0.29) is 11.4 Å². The molecule has 0 aliphatic heterocycles. The van der Waals surface area contributed by atoms with Gasteiger partial charge < -0.3 is 4.90 Å². The number of nitrogens with one attached hydrogen (secondary N) is 1.